The van der Waals surface area contributed by atoms with Crippen molar-refractivity contribution in [1.82, 2.24) is 10.3 Å². The van der Waals surface area contributed by atoms with Gasteiger partial charge in [-0.15, -0.1) is 0 Å². The van der Waals surface area contributed by atoms with Gasteiger partial charge in [0.1, 0.15) is 11.3 Å². The van der Waals surface area contributed by atoms with Crippen LogP contribution < -0.4 is 10.9 Å². The van der Waals surface area contributed by atoms with Crippen LogP contribution in [0.1, 0.15) is 55.6 Å². The van der Waals surface area contributed by atoms with Crippen LogP contribution in [0.3, 0.4) is 0 Å². The lowest BCUT2D eigenvalue weighted by Crippen LogP contribution is -2.32. The Bertz CT molecular complexity index is 1080. The molecular formula is C22H20N2O4. The molecule has 28 heavy (non-hydrogen) atoms. The summed E-state index contributed by atoms with van der Waals surface area (Å²) in [7, 11) is 0. The minimum absolute atomic E-state index is 0.0457. The van der Waals surface area contributed by atoms with Crippen molar-refractivity contribution >= 4 is 11.7 Å². The molecular weight excluding hydrogens is 356 g/mol. The first-order valence-corrected chi connectivity index (χ1v) is 9.18. The number of nitrogens with one attached hydrogen (secondary N) is 2. The monoisotopic (exact) mass is 376 g/mol. The lowest BCUT2D eigenvalue weighted by atomic mass is 9.84. The Morgan fingerprint density at radius 3 is 2.68 bits per heavy atom. The molecule has 2 aromatic heterocycles. The third kappa shape index (κ3) is 3.53. The van der Waals surface area contributed by atoms with Gasteiger partial charge in [-0.1, -0.05) is 29.8 Å². The molecule has 1 aliphatic rings. The van der Waals surface area contributed by atoms with Gasteiger partial charge in [0.25, 0.3) is 11.5 Å². The van der Waals surface area contributed by atoms with Crippen LogP contribution in [0.15, 0.2) is 57.9 Å². The first-order chi connectivity index (χ1) is 13.5. The van der Waals surface area contributed by atoms with E-state index in [9.17, 15) is 14.4 Å². The first-order valence-electron chi connectivity index (χ1n) is 9.18. The summed E-state index contributed by atoms with van der Waals surface area (Å²) in [6, 6.07) is 12.8. The second-order valence-electron chi connectivity index (χ2n) is 7.12. The molecule has 0 aliphatic heterocycles. The third-order valence-electron chi connectivity index (χ3n) is 5.07. The summed E-state index contributed by atoms with van der Waals surface area (Å²) in [6.45, 7) is 2.30. The van der Waals surface area contributed by atoms with Gasteiger partial charge in [-0.25, -0.2) is 0 Å². The highest BCUT2D eigenvalue weighted by Gasteiger charge is 2.30. The molecule has 1 aliphatic carbocycles. The summed E-state index contributed by atoms with van der Waals surface area (Å²) < 4.78 is 5.40. The summed E-state index contributed by atoms with van der Waals surface area (Å²) in [5.41, 5.74) is 2.49. The number of hydrogen-bond acceptors (Lipinski definition) is 4. The Morgan fingerprint density at radius 1 is 1.18 bits per heavy atom. The van der Waals surface area contributed by atoms with Crippen LogP contribution in [-0.4, -0.2) is 16.7 Å². The van der Waals surface area contributed by atoms with Crippen molar-refractivity contribution in [3.63, 3.8) is 0 Å². The van der Waals surface area contributed by atoms with Gasteiger partial charge in [0.15, 0.2) is 5.78 Å². The molecule has 0 radical (unpaired) electrons. The van der Waals surface area contributed by atoms with E-state index in [0.717, 1.165) is 16.9 Å². The number of aromatic amines is 1. The smallest absolute Gasteiger partial charge is 0.261 e. The van der Waals surface area contributed by atoms with Crippen molar-refractivity contribution in [1.29, 1.82) is 0 Å². The summed E-state index contributed by atoms with van der Waals surface area (Å²) in [4.78, 5) is 40.2. The standard InChI is InChI=1S/C22H20N2O4/c1-13-4-6-14(7-5-13)12-23-21(26)17-11-16-18(24-22(17)27)9-15(10-19(16)25)20-3-2-8-28-20/h2-8,11,15H,9-10,12H2,1H3,(H,23,26)(H,24,27)/t15-/m0/s1. The maximum absolute atomic E-state index is 12.6. The van der Waals surface area contributed by atoms with Crippen molar-refractivity contribution in [2.75, 3.05) is 0 Å². The fraction of sp³-hybridized carbons (Fsp3) is 0.227. The Morgan fingerprint density at radius 2 is 1.96 bits per heavy atom. The molecule has 142 valence electrons. The maximum Gasteiger partial charge on any atom is 0.261 e. The van der Waals surface area contributed by atoms with Crippen molar-refractivity contribution in [2.45, 2.75) is 32.2 Å². The molecule has 2 N–H and O–H groups in total. The molecule has 6 nitrogen and oxygen atoms in total. The quantitative estimate of drug-likeness (QED) is 0.732. The molecule has 0 saturated carbocycles. The molecule has 3 aromatic rings. The van der Waals surface area contributed by atoms with Gasteiger partial charge < -0.3 is 14.7 Å². The Balaban J connectivity index is 1.54. The van der Waals surface area contributed by atoms with Crippen LogP contribution in [0, 0.1) is 6.92 Å². The van der Waals surface area contributed by atoms with Crippen LogP contribution in [0.5, 0.6) is 0 Å². The number of aromatic nitrogens is 1. The lowest BCUT2D eigenvalue weighted by molar-refractivity contribution is 0.0949. The Hall–Kier alpha value is -3.41. The van der Waals surface area contributed by atoms with Crippen molar-refractivity contribution in [3.8, 4) is 0 Å². The SMILES string of the molecule is Cc1ccc(CNC(=O)c2cc3c([nH]c2=O)C[C@H](c2ccco2)CC3=O)cc1. The topological polar surface area (TPSA) is 92.2 Å². The number of carbonyl (C=O) groups excluding carboxylic acids is 2. The largest absolute Gasteiger partial charge is 0.469 e. The number of fused-ring (bicyclic) bond motifs is 1. The van der Waals surface area contributed by atoms with Crippen molar-refractivity contribution in [3.05, 3.63) is 92.8 Å². The highest BCUT2D eigenvalue weighted by atomic mass is 16.3. The van der Waals surface area contributed by atoms with Crippen molar-refractivity contribution < 1.29 is 14.0 Å². The number of amides is 1. The second-order valence-corrected chi connectivity index (χ2v) is 7.12. The normalized spacial score (nSPS) is 15.9. The number of aryl methyl sites for hydroxylation is 1. The predicted octanol–water partition coefficient (Wildman–Crippen LogP) is 3.12. The number of H-pyrrole nitrogens is 1. The molecule has 0 unspecified atom stereocenters. The van der Waals surface area contributed by atoms with Gasteiger partial charge in [-0.05, 0) is 37.1 Å². The number of hydrogen-bond donors (Lipinski definition) is 2. The van der Waals surface area contributed by atoms with Gasteiger partial charge in [0.2, 0.25) is 0 Å². The predicted molar refractivity (Wildman–Crippen MR) is 104 cm³/mol. The van der Waals surface area contributed by atoms with Gasteiger partial charge in [0, 0.05) is 30.1 Å². The minimum Gasteiger partial charge on any atom is -0.469 e. The van der Waals surface area contributed by atoms with E-state index < -0.39 is 11.5 Å². The van der Waals surface area contributed by atoms with E-state index in [-0.39, 0.29) is 23.7 Å². The number of carbonyl (C=O) groups is 2. The van der Waals surface area contributed by atoms with E-state index >= 15 is 0 Å². The number of pyridine rings is 1. The van der Waals surface area contributed by atoms with Crippen LogP contribution >= 0.6 is 0 Å². The van der Waals surface area contributed by atoms with Crippen LogP contribution in [-0.2, 0) is 13.0 Å². The lowest BCUT2D eigenvalue weighted by Gasteiger charge is -2.22. The fourth-order valence-corrected chi connectivity index (χ4v) is 3.51. The second kappa shape index (κ2) is 7.31. The van der Waals surface area contributed by atoms with E-state index in [1.165, 1.54) is 6.07 Å². The molecule has 2 heterocycles. The van der Waals surface area contributed by atoms with E-state index in [0.29, 0.717) is 24.2 Å². The molecule has 0 saturated heterocycles. The van der Waals surface area contributed by atoms with Gasteiger partial charge >= 0.3 is 0 Å². The zero-order chi connectivity index (χ0) is 19.7. The summed E-state index contributed by atoms with van der Waals surface area (Å²) in [5.74, 6) is 0.0173. The Labute approximate surface area is 161 Å². The number of rotatable bonds is 4. The Kier molecular flexibility index (Phi) is 4.69. The fourth-order valence-electron chi connectivity index (χ4n) is 3.51. The maximum atomic E-state index is 12.6. The van der Waals surface area contributed by atoms with Gasteiger partial charge in [0.05, 0.1) is 6.26 Å². The average Bonchev–Trinajstić information content (AvgIpc) is 3.21. The molecule has 1 aromatic carbocycles. The van der Waals surface area contributed by atoms with E-state index in [4.69, 9.17) is 4.42 Å². The van der Waals surface area contributed by atoms with Crippen molar-refractivity contribution in [2.24, 2.45) is 0 Å². The highest BCUT2D eigenvalue weighted by molar-refractivity contribution is 6.02. The number of ketones is 1. The first kappa shape index (κ1) is 18.0. The van der Waals surface area contributed by atoms with E-state index in [1.54, 1.807) is 12.3 Å². The molecule has 6 heteroatoms. The molecule has 1 amide bonds. The summed E-state index contributed by atoms with van der Waals surface area (Å²) in [5, 5.41) is 2.74. The molecule has 0 bridgehead atoms. The molecule has 1 atom stereocenters. The average molecular weight is 376 g/mol. The summed E-state index contributed by atoms with van der Waals surface area (Å²) in [6.07, 6.45) is 2.35. The molecule has 0 spiro atoms. The molecule has 4 rings (SSSR count). The van der Waals surface area contributed by atoms with Gasteiger partial charge in [-0.2, -0.15) is 0 Å². The third-order valence-corrected chi connectivity index (χ3v) is 5.07. The highest BCUT2D eigenvalue weighted by Crippen LogP contribution is 2.31. The zero-order valence-electron chi connectivity index (χ0n) is 15.5. The van der Waals surface area contributed by atoms with Crippen LogP contribution in [0.25, 0.3) is 0 Å². The number of benzene rings is 1. The summed E-state index contributed by atoms with van der Waals surface area (Å²) >= 11 is 0. The minimum atomic E-state index is -0.495. The van der Waals surface area contributed by atoms with Gasteiger partial charge in [-0.3, -0.25) is 14.4 Å². The van der Waals surface area contributed by atoms with Crippen LogP contribution in [0.4, 0.5) is 0 Å². The molecule has 0 fully saturated rings. The number of furan rings is 1. The number of Topliss-reactive ketones (excluding diaryl/α,β-unsaturated/α-hetero) is 1. The zero-order valence-corrected chi connectivity index (χ0v) is 15.5. The van der Waals surface area contributed by atoms with E-state index in [1.807, 2.05) is 37.3 Å². The van der Waals surface area contributed by atoms with E-state index in [2.05, 4.69) is 10.3 Å². The van der Waals surface area contributed by atoms with Crippen LogP contribution in [0.2, 0.25) is 0 Å².